The number of likely N-dealkylation sites (tertiary alicyclic amines) is 1. The highest BCUT2D eigenvalue weighted by atomic mass is 16.5. The molecule has 2 heterocycles. The lowest BCUT2D eigenvalue weighted by molar-refractivity contribution is -0.125. The smallest absolute Gasteiger partial charge is 0.234 e. The summed E-state index contributed by atoms with van der Waals surface area (Å²) in [5.74, 6) is 1.87. The predicted octanol–water partition coefficient (Wildman–Crippen LogP) is 2.75. The van der Waals surface area contributed by atoms with E-state index in [2.05, 4.69) is 32.5 Å². The van der Waals surface area contributed by atoms with Crippen molar-refractivity contribution in [3.63, 3.8) is 0 Å². The van der Waals surface area contributed by atoms with Crippen LogP contribution in [-0.4, -0.2) is 40.6 Å². The van der Waals surface area contributed by atoms with E-state index in [1.807, 2.05) is 25.1 Å². The van der Waals surface area contributed by atoms with Crippen molar-refractivity contribution in [2.45, 2.75) is 50.5 Å². The molecule has 1 amide bonds. The monoisotopic (exact) mass is 354 g/mol. The van der Waals surface area contributed by atoms with Gasteiger partial charge in [0.15, 0.2) is 5.82 Å². The zero-order chi connectivity index (χ0) is 18.0. The van der Waals surface area contributed by atoms with Gasteiger partial charge in [0.05, 0.1) is 12.1 Å². The van der Waals surface area contributed by atoms with Crippen LogP contribution in [0.5, 0.6) is 0 Å². The lowest BCUT2D eigenvalue weighted by Gasteiger charge is -2.43. The average molecular weight is 354 g/mol. The van der Waals surface area contributed by atoms with Crippen LogP contribution in [0.25, 0.3) is 0 Å². The molecule has 0 atom stereocenters. The van der Waals surface area contributed by atoms with Crippen molar-refractivity contribution in [2.24, 2.45) is 0 Å². The van der Waals surface area contributed by atoms with E-state index in [1.165, 1.54) is 12.0 Å². The molecule has 1 aliphatic carbocycles. The molecule has 138 valence electrons. The highest BCUT2D eigenvalue weighted by Crippen LogP contribution is 2.41. The van der Waals surface area contributed by atoms with Crippen molar-refractivity contribution in [3.8, 4) is 0 Å². The van der Waals surface area contributed by atoms with Crippen molar-refractivity contribution < 1.29 is 9.32 Å². The van der Waals surface area contributed by atoms with Gasteiger partial charge in [-0.05, 0) is 57.7 Å². The van der Waals surface area contributed by atoms with Crippen LogP contribution in [0.2, 0.25) is 0 Å². The SMILES string of the molecule is Cc1noc(C2CCN(CC(=O)NC3(c4ccccc4)CCC3)CC2)n1. The molecule has 0 bridgehead atoms. The Kier molecular flexibility index (Phi) is 4.76. The minimum Gasteiger partial charge on any atom is -0.345 e. The highest BCUT2D eigenvalue weighted by molar-refractivity contribution is 5.79. The third kappa shape index (κ3) is 3.51. The molecule has 0 unspecified atom stereocenters. The van der Waals surface area contributed by atoms with Gasteiger partial charge < -0.3 is 9.84 Å². The van der Waals surface area contributed by atoms with Crippen molar-refractivity contribution in [1.29, 1.82) is 0 Å². The second-order valence-electron chi connectivity index (χ2n) is 7.58. The molecule has 6 nitrogen and oxygen atoms in total. The first kappa shape index (κ1) is 17.2. The quantitative estimate of drug-likeness (QED) is 0.894. The Bertz CT molecular complexity index is 746. The highest BCUT2D eigenvalue weighted by Gasteiger charge is 2.40. The number of carbonyl (C=O) groups is 1. The summed E-state index contributed by atoms with van der Waals surface area (Å²) >= 11 is 0. The fourth-order valence-corrected chi connectivity index (χ4v) is 4.10. The van der Waals surface area contributed by atoms with Crippen LogP contribution in [0, 0.1) is 6.92 Å². The predicted molar refractivity (Wildman–Crippen MR) is 97.6 cm³/mol. The average Bonchev–Trinajstić information content (AvgIpc) is 3.06. The zero-order valence-corrected chi connectivity index (χ0v) is 15.3. The summed E-state index contributed by atoms with van der Waals surface area (Å²) < 4.78 is 5.30. The molecule has 1 N–H and O–H groups in total. The molecule has 4 rings (SSSR count). The van der Waals surface area contributed by atoms with Crippen LogP contribution in [0.3, 0.4) is 0 Å². The minimum atomic E-state index is -0.155. The van der Waals surface area contributed by atoms with Crippen LogP contribution in [0.4, 0.5) is 0 Å². The molecule has 26 heavy (non-hydrogen) atoms. The van der Waals surface area contributed by atoms with E-state index < -0.39 is 0 Å². The van der Waals surface area contributed by atoms with Crippen molar-refractivity contribution >= 4 is 5.91 Å². The molecule has 1 saturated carbocycles. The van der Waals surface area contributed by atoms with E-state index in [0.29, 0.717) is 18.3 Å². The van der Waals surface area contributed by atoms with E-state index in [4.69, 9.17) is 4.52 Å². The standard InChI is InChI=1S/C20H26N4O2/c1-15-21-19(26-23-15)16-8-12-24(13-9-16)14-18(25)22-20(10-5-11-20)17-6-3-2-4-7-17/h2-4,6-7,16H,5,8-14H2,1H3,(H,22,25). The van der Waals surface area contributed by atoms with E-state index >= 15 is 0 Å². The van der Waals surface area contributed by atoms with E-state index in [1.54, 1.807) is 0 Å². The van der Waals surface area contributed by atoms with Crippen molar-refractivity contribution in [3.05, 3.63) is 47.6 Å². The van der Waals surface area contributed by atoms with Gasteiger partial charge in [0.2, 0.25) is 11.8 Å². The molecule has 1 aliphatic heterocycles. The first-order valence-corrected chi connectivity index (χ1v) is 9.54. The molecule has 1 aromatic heterocycles. The number of hydrogen-bond acceptors (Lipinski definition) is 5. The maximum atomic E-state index is 12.7. The minimum absolute atomic E-state index is 0.126. The summed E-state index contributed by atoms with van der Waals surface area (Å²) in [5.41, 5.74) is 1.07. The summed E-state index contributed by atoms with van der Waals surface area (Å²) in [7, 11) is 0. The lowest BCUT2D eigenvalue weighted by atomic mass is 9.72. The summed E-state index contributed by atoms with van der Waals surface area (Å²) in [5, 5.41) is 7.20. The van der Waals surface area contributed by atoms with Crippen LogP contribution >= 0.6 is 0 Å². The van der Waals surface area contributed by atoms with Gasteiger partial charge in [-0.15, -0.1) is 0 Å². The molecule has 1 aromatic carbocycles. The number of nitrogens with zero attached hydrogens (tertiary/aromatic N) is 3. The number of hydrogen-bond donors (Lipinski definition) is 1. The number of carbonyl (C=O) groups excluding carboxylic acids is 1. The molecule has 0 spiro atoms. The van der Waals surface area contributed by atoms with Crippen LogP contribution in [0.1, 0.15) is 55.3 Å². The van der Waals surface area contributed by atoms with Crippen LogP contribution in [0.15, 0.2) is 34.9 Å². The molecular formula is C20H26N4O2. The van der Waals surface area contributed by atoms with Crippen molar-refractivity contribution in [1.82, 2.24) is 20.4 Å². The topological polar surface area (TPSA) is 71.3 Å². The van der Waals surface area contributed by atoms with Gasteiger partial charge in [-0.3, -0.25) is 9.69 Å². The van der Waals surface area contributed by atoms with Crippen molar-refractivity contribution in [2.75, 3.05) is 19.6 Å². The van der Waals surface area contributed by atoms with E-state index in [0.717, 1.165) is 44.7 Å². The van der Waals surface area contributed by atoms with E-state index in [9.17, 15) is 4.79 Å². The largest absolute Gasteiger partial charge is 0.345 e. The lowest BCUT2D eigenvalue weighted by Crippen LogP contribution is -2.53. The second kappa shape index (κ2) is 7.19. The molecule has 0 radical (unpaired) electrons. The third-order valence-electron chi connectivity index (χ3n) is 5.76. The Balaban J connectivity index is 1.30. The number of piperidine rings is 1. The number of rotatable bonds is 5. The van der Waals surface area contributed by atoms with Crippen LogP contribution < -0.4 is 5.32 Å². The molecular weight excluding hydrogens is 328 g/mol. The van der Waals surface area contributed by atoms with Gasteiger partial charge >= 0.3 is 0 Å². The number of benzene rings is 1. The Labute approximate surface area is 154 Å². The number of nitrogens with one attached hydrogen (secondary N) is 1. The third-order valence-corrected chi connectivity index (χ3v) is 5.76. The Hall–Kier alpha value is -2.21. The normalized spacial score (nSPS) is 20.5. The number of aromatic nitrogens is 2. The fraction of sp³-hybridized carbons (Fsp3) is 0.550. The molecule has 1 saturated heterocycles. The summed E-state index contributed by atoms with van der Waals surface area (Å²) in [6.07, 6.45) is 5.14. The Morgan fingerprint density at radius 1 is 1.27 bits per heavy atom. The number of aryl methyl sites for hydroxylation is 1. The van der Waals surface area contributed by atoms with Gasteiger partial charge in [-0.2, -0.15) is 4.98 Å². The zero-order valence-electron chi connectivity index (χ0n) is 15.3. The summed E-state index contributed by atoms with van der Waals surface area (Å²) in [6.45, 7) is 4.08. The molecule has 2 aromatic rings. The first-order chi connectivity index (χ1) is 12.6. The maximum absolute atomic E-state index is 12.7. The Morgan fingerprint density at radius 2 is 2.00 bits per heavy atom. The van der Waals surface area contributed by atoms with Gasteiger partial charge in [0.25, 0.3) is 0 Å². The van der Waals surface area contributed by atoms with Gasteiger partial charge in [-0.1, -0.05) is 35.5 Å². The van der Waals surface area contributed by atoms with E-state index in [-0.39, 0.29) is 11.4 Å². The van der Waals surface area contributed by atoms with Crippen LogP contribution in [-0.2, 0) is 10.3 Å². The molecule has 2 aliphatic rings. The Morgan fingerprint density at radius 3 is 2.58 bits per heavy atom. The van der Waals surface area contributed by atoms with Gasteiger partial charge in [0, 0.05) is 5.92 Å². The van der Waals surface area contributed by atoms with Gasteiger partial charge in [-0.25, -0.2) is 0 Å². The maximum Gasteiger partial charge on any atom is 0.234 e. The molecule has 6 heteroatoms. The number of amides is 1. The summed E-state index contributed by atoms with van der Waals surface area (Å²) in [6, 6.07) is 10.4. The fourth-order valence-electron chi connectivity index (χ4n) is 4.10. The second-order valence-corrected chi connectivity index (χ2v) is 7.58. The first-order valence-electron chi connectivity index (χ1n) is 9.54. The van der Waals surface area contributed by atoms with Gasteiger partial charge in [0.1, 0.15) is 0 Å². The summed E-state index contributed by atoms with van der Waals surface area (Å²) in [4.78, 5) is 19.2. The molecule has 2 fully saturated rings.